The number of pyridine rings is 1. The molecule has 20 heavy (non-hydrogen) atoms. The van der Waals surface area contributed by atoms with Crippen molar-refractivity contribution in [3.63, 3.8) is 0 Å². The van der Waals surface area contributed by atoms with Crippen molar-refractivity contribution in [3.8, 4) is 17.3 Å². The minimum Gasteiger partial charge on any atom is -0.234 e. The second kappa shape index (κ2) is 4.51. The topological polar surface area (TPSA) is 66.9 Å². The number of halogens is 3. The van der Waals surface area contributed by atoms with E-state index < -0.39 is 11.8 Å². The van der Waals surface area contributed by atoms with Gasteiger partial charge in [0.1, 0.15) is 28.0 Å². The molecule has 0 saturated heterocycles. The SMILES string of the molecule is N#Cc1cnn2cc(Cl)nc(-c3cnc(F)c(F)c3)c12. The predicted octanol–water partition coefficient (Wildman–Crippen LogP) is 2.59. The second-order valence-corrected chi connectivity index (χ2v) is 4.26. The van der Waals surface area contributed by atoms with Crippen LogP contribution in [0.3, 0.4) is 0 Å². The molecule has 0 atom stereocenters. The van der Waals surface area contributed by atoms with E-state index >= 15 is 0 Å². The first-order valence-electron chi connectivity index (χ1n) is 5.35. The van der Waals surface area contributed by atoms with E-state index in [0.717, 1.165) is 12.3 Å². The molecule has 8 heteroatoms. The van der Waals surface area contributed by atoms with Gasteiger partial charge >= 0.3 is 0 Å². The number of nitriles is 1. The highest BCUT2D eigenvalue weighted by Gasteiger charge is 2.15. The molecule has 0 aliphatic carbocycles. The second-order valence-electron chi connectivity index (χ2n) is 3.87. The van der Waals surface area contributed by atoms with E-state index in [1.54, 1.807) is 0 Å². The summed E-state index contributed by atoms with van der Waals surface area (Å²) in [5.41, 5.74) is 1.00. The molecule has 0 aliphatic rings. The van der Waals surface area contributed by atoms with Crippen molar-refractivity contribution in [1.82, 2.24) is 19.6 Å². The Morgan fingerprint density at radius 3 is 2.80 bits per heavy atom. The molecule has 0 amide bonds. The van der Waals surface area contributed by atoms with Gasteiger partial charge in [-0.2, -0.15) is 14.8 Å². The summed E-state index contributed by atoms with van der Waals surface area (Å²) in [7, 11) is 0. The van der Waals surface area contributed by atoms with Crippen LogP contribution in [0.1, 0.15) is 5.56 Å². The van der Waals surface area contributed by atoms with Gasteiger partial charge in [0.05, 0.1) is 12.4 Å². The van der Waals surface area contributed by atoms with Crippen molar-refractivity contribution in [2.45, 2.75) is 0 Å². The lowest BCUT2D eigenvalue weighted by Gasteiger charge is -2.05. The van der Waals surface area contributed by atoms with E-state index in [0.29, 0.717) is 5.52 Å². The van der Waals surface area contributed by atoms with Crippen LogP contribution in [0.15, 0.2) is 24.7 Å². The van der Waals surface area contributed by atoms with Crippen LogP contribution in [0.2, 0.25) is 5.15 Å². The van der Waals surface area contributed by atoms with Gasteiger partial charge in [-0.3, -0.25) is 0 Å². The van der Waals surface area contributed by atoms with Crippen LogP contribution >= 0.6 is 11.6 Å². The Hall–Kier alpha value is -2.59. The Labute approximate surface area is 116 Å². The molecule has 3 heterocycles. The van der Waals surface area contributed by atoms with Crippen molar-refractivity contribution in [2.75, 3.05) is 0 Å². The van der Waals surface area contributed by atoms with E-state index in [9.17, 15) is 8.78 Å². The highest BCUT2D eigenvalue weighted by molar-refractivity contribution is 6.29. The van der Waals surface area contributed by atoms with Gasteiger partial charge in [-0.25, -0.2) is 18.9 Å². The van der Waals surface area contributed by atoms with E-state index in [1.807, 2.05) is 6.07 Å². The largest absolute Gasteiger partial charge is 0.248 e. The number of hydrogen-bond acceptors (Lipinski definition) is 4. The van der Waals surface area contributed by atoms with Crippen molar-refractivity contribution >= 4 is 17.1 Å². The summed E-state index contributed by atoms with van der Waals surface area (Å²) in [5, 5.41) is 13.1. The molecule has 98 valence electrons. The van der Waals surface area contributed by atoms with E-state index in [1.165, 1.54) is 16.9 Å². The molecule has 0 aliphatic heterocycles. The maximum atomic E-state index is 13.3. The monoisotopic (exact) mass is 291 g/mol. The molecule has 0 radical (unpaired) electrons. The number of rotatable bonds is 1. The van der Waals surface area contributed by atoms with Crippen LogP contribution in [0.5, 0.6) is 0 Å². The maximum absolute atomic E-state index is 13.3. The molecule has 3 aromatic heterocycles. The quantitative estimate of drug-likeness (QED) is 0.646. The molecular weight excluding hydrogens is 288 g/mol. The summed E-state index contributed by atoms with van der Waals surface area (Å²) in [5.74, 6) is -2.32. The summed E-state index contributed by atoms with van der Waals surface area (Å²) in [6, 6.07) is 2.89. The molecule has 0 spiro atoms. The average molecular weight is 292 g/mol. The molecule has 0 unspecified atom stereocenters. The Balaban J connectivity index is 2.37. The first-order chi connectivity index (χ1) is 9.60. The molecule has 3 aromatic rings. The zero-order valence-corrected chi connectivity index (χ0v) is 10.4. The smallest absolute Gasteiger partial charge is 0.234 e. The molecular formula is C12H4ClF2N5. The molecule has 0 saturated carbocycles. The molecule has 0 N–H and O–H groups in total. The average Bonchev–Trinajstić information content (AvgIpc) is 2.83. The summed E-state index contributed by atoms with van der Waals surface area (Å²) >= 11 is 5.85. The van der Waals surface area contributed by atoms with Crippen LogP contribution < -0.4 is 0 Å². The van der Waals surface area contributed by atoms with Gasteiger partial charge in [-0.05, 0) is 6.07 Å². The number of fused-ring (bicyclic) bond motifs is 1. The fourth-order valence-electron chi connectivity index (χ4n) is 1.82. The lowest BCUT2D eigenvalue weighted by Crippen LogP contribution is -1.97. The van der Waals surface area contributed by atoms with Crippen LogP contribution in [-0.2, 0) is 0 Å². The highest BCUT2D eigenvalue weighted by atomic mass is 35.5. The molecule has 0 aromatic carbocycles. The predicted molar refractivity (Wildman–Crippen MR) is 65.9 cm³/mol. The Kier molecular flexibility index (Phi) is 2.80. The van der Waals surface area contributed by atoms with Gasteiger partial charge in [0, 0.05) is 11.8 Å². The minimum absolute atomic E-state index is 0.102. The van der Waals surface area contributed by atoms with Crippen molar-refractivity contribution in [2.24, 2.45) is 0 Å². The number of nitrogens with zero attached hydrogens (tertiary/aromatic N) is 5. The molecule has 3 rings (SSSR count). The standard InChI is InChI=1S/C12H4ClF2N5/c13-9-5-20-11(7(2-16)4-18-20)10(19-9)6-1-8(14)12(15)17-3-6/h1,3-5H. The van der Waals surface area contributed by atoms with E-state index in [-0.39, 0.29) is 22.0 Å². The number of hydrogen-bond donors (Lipinski definition) is 0. The minimum atomic E-state index is -1.21. The third kappa shape index (κ3) is 1.87. The first-order valence-corrected chi connectivity index (χ1v) is 5.73. The number of aromatic nitrogens is 4. The van der Waals surface area contributed by atoms with Crippen molar-refractivity contribution in [3.05, 3.63) is 47.1 Å². The van der Waals surface area contributed by atoms with Gasteiger partial charge in [-0.15, -0.1) is 0 Å². The van der Waals surface area contributed by atoms with Crippen LogP contribution in [0.25, 0.3) is 16.8 Å². The third-order valence-electron chi connectivity index (χ3n) is 2.66. The summed E-state index contributed by atoms with van der Waals surface area (Å²) < 4.78 is 27.5. The Morgan fingerprint density at radius 1 is 1.30 bits per heavy atom. The Morgan fingerprint density at radius 2 is 2.10 bits per heavy atom. The molecule has 5 nitrogen and oxygen atoms in total. The summed E-state index contributed by atoms with van der Waals surface area (Å²) in [6.07, 6.45) is 3.86. The van der Waals surface area contributed by atoms with E-state index in [4.69, 9.17) is 16.9 Å². The third-order valence-corrected chi connectivity index (χ3v) is 2.84. The van der Waals surface area contributed by atoms with Crippen molar-refractivity contribution < 1.29 is 8.78 Å². The van der Waals surface area contributed by atoms with Gasteiger partial charge in [0.15, 0.2) is 5.82 Å². The van der Waals surface area contributed by atoms with E-state index in [2.05, 4.69) is 15.1 Å². The van der Waals surface area contributed by atoms with Crippen molar-refractivity contribution in [1.29, 1.82) is 5.26 Å². The summed E-state index contributed by atoms with van der Waals surface area (Å²) in [6.45, 7) is 0. The lowest BCUT2D eigenvalue weighted by molar-refractivity contribution is 0.480. The first kappa shape index (κ1) is 12.4. The normalized spacial score (nSPS) is 10.7. The lowest BCUT2D eigenvalue weighted by atomic mass is 10.1. The van der Waals surface area contributed by atoms with Crippen LogP contribution in [-0.4, -0.2) is 19.6 Å². The van der Waals surface area contributed by atoms with Gasteiger partial charge in [-0.1, -0.05) is 11.6 Å². The maximum Gasteiger partial charge on any atom is 0.248 e. The Bertz CT molecular complexity index is 868. The fraction of sp³-hybridized carbons (Fsp3) is 0. The zero-order valence-electron chi connectivity index (χ0n) is 9.68. The van der Waals surface area contributed by atoms with Crippen LogP contribution in [0.4, 0.5) is 8.78 Å². The van der Waals surface area contributed by atoms with Gasteiger partial charge in [0.2, 0.25) is 5.95 Å². The highest BCUT2D eigenvalue weighted by Crippen LogP contribution is 2.27. The molecule has 0 bridgehead atoms. The van der Waals surface area contributed by atoms with Crippen LogP contribution in [0, 0.1) is 23.1 Å². The van der Waals surface area contributed by atoms with Gasteiger partial charge < -0.3 is 0 Å². The summed E-state index contributed by atoms with van der Waals surface area (Å²) in [4.78, 5) is 7.34. The zero-order chi connectivity index (χ0) is 14.3. The fourth-order valence-corrected chi connectivity index (χ4v) is 2.00. The van der Waals surface area contributed by atoms with Gasteiger partial charge in [0.25, 0.3) is 0 Å². The molecule has 0 fully saturated rings.